The van der Waals surface area contributed by atoms with Gasteiger partial charge in [-0.05, 0) is 42.9 Å². The summed E-state index contributed by atoms with van der Waals surface area (Å²) in [6.07, 6.45) is 5.42. The molecule has 3 nitrogen and oxygen atoms in total. The molecule has 0 radical (unpaired) electrons. The lowest BCUT2D eigenvalue weighted by Gasteiger charge is -2.45. The first kappa shape index (κ1) is 11.0. The molecule has 1 spiro atoms. The monoisotopic (exact) mass is 248 g/mol. The minimum absolute atomic E-state index is 0.0683. The molecule has 5 unspecified atom stereocenters. The van der Waals surface area contributed by atoms with E-state index in [0.29, 0.717) is 11.8 Å². The van der Waals surface area contributed by atoms with Crippen LogP contribution in [-0.4, -0.2) is 17.4 Å². The van der Waals surface area contributed by atoms with Gasteiger partial charge in [0.15, 0.2) is 0 Å². The highest BCUT2D eigenvalue weighted by molar-refractivity contribution is 5.92. The van der Waals surface area contributed by atoms with Crippen LogP contribution in [0.4, 0.5) is 0 Å². The van der Waals surface area contributed by atoms with Crippen molar-refractivity contribution >= 4 is 5.97 Å². The van der Waals surface area contributed by atoms with Crippen LogP contribution in [0.25, 0.3) is 0 Å². The van der Waals surface area contributed by atoms with Crippen LogP contribution >= 0.6 is 0 Å². The SMILES string of the molecule is CC1(C)C2CC=C3C(=O)OC(O)C4CCC1C34C2. The largest absolute Gasteiger partial charge is 0.432 e. The molecule has 5 atom stereocenters. The van der Waals surface area contributed by atoms with Crippen molar-refractivity contribution in [1.29, 1.82) is 0 Å². The Morgan fingerprint density at radius 2 is 2.17 bits per heavy atom. The Bertz CT molecular complexity index is 464. The van der Waals surface area contributed by atoms with Crippen molar-refractivity contribution < 1.29 is 14.6 Å². The van der Waals surface area contributed by atoms with Crippen molar-refractivity contribution in [3.63, 3.8) is 0 Å². The number of ether oxygens (including phenoxy) is 1. The van der Waals surface area contributed by atoms with E-state index in [1.165, 1.54) is 0 Å². The lowest BCUT2D eigenvalue weighted by molar-refractivity contribution is -0.195. The van der Waals surface area contributed by atoms with E-state index in [-0.39, 0.29) is 22.7 Å². The first-order valence-electron chi connectivity index (χ1n) is 7.07. The molecular formula is C15H20O3. The van der Waals surface area contributed by atoms with Gasteiger partial charge in [0.1, 0.15) is 0 Å². The molecule has 3 aliphatic carbocycles. The van der Waals surface area contributed by atoms with Crippen LogP contribution in [-0.2, 0) is 9.53 Å². The summed E-state index contributed by atoms with van der Waals surface area (Å²) in [6.45, 7) is 4.70. The number of fused-ring (bicyclic) bond motifs is 1. The van der Waals surface area contributed by atoms with Crippen LogP contribution in [0.3, 0.4) is 0 Å². The second-order valence-electron chi connectivity index (χ2n) is 7.15. The Labute approximate surface area is 107 Å². The average Bonchev–Trinajstić information content (AvgIpc) is 2.74. The van der Waals surface area contributed by atoms with Gasteiger partial charge in [-0.15, -0.1) is 0 Å². The highest BCUT2D eigenvalue weighted by atomic mass is 16.6. The zero-order valence-electron chi connectivity index (χ0n) is 11.0. The van der Waals surface area contributed by atoms with Gasteiger partial charge < -0.3 is 9.84 Å². The topological polar surface area (TPSA) is 46.5 Å². The van der Waals surface area contributed by atoms with Crippen molar-refractivity contribution in [2.24, 2.45) is 28.6 Å². The van der Waals surface area contributed by atoms with Gasteiger partial charge in [-0.3, -0.25) is 0 Å². The smallest absolute Gasteiger partial charge is 0.336 e. The van der Waals surface area contributed by atoms with Gasteiger partial charge in [0.25, 0.3) is 0 Å². The molecule has 1 saturated heterocycles. The van der Waals surface area contributed by atoms with Gasteiger partial charge >= 0.3 is 5.97 Å². The highest BCUT2D eigenvalue weighted by Crippen LogP contribution is 2.73. The second-order valence-corrected chi connectivity index (χ2v) is 7.15. The van der Waals surface area contributed by atoms with Crippen molar-refractivity contribution in [2.75, 3.05) is 0 Å². The number of hydrogen-bond donors (Lipinski definition) is 1. The van der Waals surface area contributed by atoms with Crippen molar-refractivity contribution in [2.45, 2.75) is 45.8 Å². The van der Waals surface area contributed by atoms with Crippen LogP contribution in [0, 0.1) is 28.6 Å². The van der Waals surface area contributed by atoms with E-state index in [1.807, 2.05) is 0 Å². The van der Waals surface area contributed by atoms with Crippen molar-refractivity contribution in [3.05, 3.63) is 11.6 Å². The minimum atomic E-state index is -0.882. The van der Waals surface area contributed by atoms with E-state index >= 15 is 0 Å². The normalized spacial score (nSPS) is 51.7. The maximum absolute atomic E-state index is 12.1. The number of allylic oxidation sites excluding steroid dienone is 1. The molecule has 1 aliphatic heterocycles. The standard InChI is InChI=1S/C15H20O3/c1-14(2)8-3-4-9-12(16)18-13(17)10-5-6-11(14)15(9,10)7-8/h4,8,10-11,13,17H,3,5-7H2,1-2H3. The molecule has 2 saturated carbocycles. The molecule has 18 heavy (non-hydrogen) atoms. The molecule has 0 amide bonds. The van der Waals surface area contributed by atoms with Gasteiger partial charge in [0.2, 0.25) is 6.29 Å². The first-order chi connectivity index (χ1) is 8.48. The molecule has 2 bridgehead atoms. The zero-order chi connectivity index (χ0) is 12.7. The fraction of sp³-hybridized carbons (Fsp3) is 0.800. The molecule has 3 fully saturated rings. The zero-order valence-corrected chi connectivity index (χ0v) is 11.0. The Hall–Kier alpha value is -0.830. The summed E-state index contributed by atoms with van der Waals surface area (Å²) in [6, 6.07) is 0. The molecule has 0 aromatic heterocycles. The third-order valence-corrected chi connectivity index (χ3v) is 6.48. The third-order valence-electron chi connectivity index (χ3n) is 6.48. The molecule has 4 rings (SSSR count). The molecular weight excluding hydrogens is 228 g/mol. The molecule has 1 N–H and O–H groups in total. The van der Waals surface area contributed by atoms with Crippen LogP contribution < -0.4 is 0 Å². The van der Waals surface area contributed by atoms with Crippen LogP contribution in [0.5, 0.6) is 0 Å². The first-order valence-corrected chi connectivity index (χ1v) is 7.07. The third kappa shape index (κ3) is 0.965. The molecule has 1 heterocycles. The van der Waals surface area contributed by atoms with E-state index in [1.54, 1.807) is 0 Å². The van der Waals surface area contributed by atoms with Crippen molar-refractivity contribution in [3.8, 4) is 0 Å². The predicted octanol–water partition coefficient (Wildman–Crippen LogP) is 2.25. The molecule has 4 aliphatic rings. The summed E-state index contributed by atoms with van der Waals surface area (Å²) < 4.78 is 5.15. The number of carbonyl (C=O) groups is 1. The second kappa shape index (κ2) is 3.01. The minimum Gasteiger partial charge on any atom is -0.432 e. The quantitative estimate of drug-likeness (QED) is 0.669. The summed E-state index contributed by atoms with van der Waals surface area (Å²) in [5, 5.41) is 10.1. The lowest BCUT2D eigenvalue weighted by atomic mass is 9.63. The van der Waals surface area contributed by atoms with Gasteiger partial charge in [0, 0.05) is 16.9 Å². The molecule has 3 heteroatoms. The fourth-order valence-electron chi connectivity index (χ4n) is 5.66. The van der Waals surface area contributed by atoms with E-state index in [4.69, 9.17) is 4.74 Å². The van der Waals surface area contributed by atoms with E-state index in [0.717, 1.165) is 31.3 Å². The van der Waals surface area contributed by atoms with E-state index < -0.39 is 6.29 Å². The van der Waals surface area contributed by atoms with Gasteiger partial charge in [0.05, 0.1) is 0 Å². The maximum Gasteiger partial charge on any atom is 0.336 e. The highest BCUT2D eigenvalue weighted by Gasteiger charge is 2.70. The Morgan fingerprint density at radius 1 is 1.39 bits per heavy atom. The Morgan fingerprint density at radius 3 is 2.94 bits per heavy atom. The van der Waals surface area contributed by atoms with Crippen LogP contribution in [0.2, 0.25) is 0 Å². The molecule has 0 aromatic rings. The maximum atomic E-state index is 12.1. The molecule has 0 aromatic carbocycles. The number of aliphatic hydroxyl groups is 1. The summed E-state index contributed by atoms with van der Waals surface area (Å²) in [7, 11) is 0. The Balaban J connectivity index is 1.93. The predicted molar refractivity (Wildman–Crippen MR) is 65.3 cm³/mol. The number of carbonyl (C=O) groups excluding carboxylic acids is 1. The summed E-state index contributed by atoms with van der Waals surface area (Å²) in [5.41, 5.74) is 1.10. The van der Waals surface area contributed by atoms with E-state index in [2.05, 4.69) is 19.9 Å². The van der Waals surface area contributed by atoms with Crippen molar-refractivity contribution in [1.82, 2.24) is 0 Å². The number of aliphatic hydroxyl groups excluding tert-OH is 1. The van der Waals surface area contributed by atoms with Crippen LogP contribution in [0.15, 0.2) is 11.6 Å². The summed E-state index contributed by atoms with van der Waals surface area (Å²) in [4.78, 5) is 12.1. The van der Waals surface area contributed by atoms with Gasteiger partial charge in [-0.25, -0.2) is 4.79 Å². The van der Waals surface area contributed by atoms with Gasteiger partial charge in [-0.1, -0.05) is 19.9 Å². The Kier molecular flexibility index (Phi) is 1.84. The number of esters is 1. The fourth-order valence-corrected chi connectivity index (χ4v) is 5.66. The molecule has 98 valence electrons. The van der Waals surface area contributed by atoms with E-state index in [9.17, 15) is 9.90 Å². The van der Waals surface area contributed by atoms with Gasteiger partial charge in [-0.2, -0.15) is 0 Å². The summed E-state index contributed by atoms with van der Waals surface area (Å²) >= 11 is 0. The number of hydrogen-bond acceptors (Lipinski definition) is 3. The lowest BCUT2D eigenvalue weighted by Crippen LogP contribution is -2.48. The van der Waals surface area contributed by atoms with Crippen LogP contribution in [0.1, 0.15) is 39.5 Å². The summed E-state index contributed by atoms with van der Waals surface area (Å²) in [5.74, 6) is 1.07. The average molecular weight is 248 g/mol. The number of rotatable bonds is 0. The number of cyclic esters (lactones) is 1.